The van der Waals surface area contributed by atoms with Crippen molar-refractivity contribution >= 4 is 29.0 Å². The number of anilines is 3. The highest BCUT2D eigenvalue weighted by atomic mass is 19.3. The molecular weight excluding hydrogens is 468 g/mol. The average molecular weight is 494 g/mol. The van der Waals surface area contributed by atoms with Crippen molar-refractivity contribution < 1.29 is 23.1 Å². The van der Waals surface area contributed by atoms with E-state index < -0.39 is 17.5 Å². The topological polar surface area (TPSA) is 96.5 Å². The lowest BCUT2D eigenvalue weighted by molar-refractivity contribution is -0.117. The van der Waals surface area contributed by atoms with Crippen LogP contribution >= 0.6 is 0 Å². The van der Waals surface area contributed by atoms with Crippen LogP contribution in [0.15, 0.2) is 48.8 Å². The normalized spacial score (nSPS) is 17.5. The molecular formula is C26H25F2N5O3. The minimum Gasteiger partial charge on any atom is -0.377 e. The largest absolute Gasteiger partial charge is 0.377 e. The van der Waals surface area contributed by atoms with Gasteiger partial charge in [-0.2, -0.15) is 8.78 Å². The fraction of sp³-hybridized carbons (Fsp3) is 0.308. The summed E-state index contributed by atoms with van der Waals surface area (Å²) < 4.78 is 32.9. The molecule has 3 aromatic rings. The highest BCUT2D eigenvalue weighted by molar-refractivity contribution is 6.04. The fourth-order valence-corrected chi connectivity index (χ4v) is 4.48. The number of nitrogens with zero attached hydrogens (tertiary/aromatic N) is 3. The number of amides is 2. The molecule has 2 amide bonds. The minimum atomic E-state index is -3.15. The first-order valence-corrected chi connectivity index (χ1v) is 11.6. The third-order valence-corrected chi connectivity index (χ3v) is 6.36. The molecule has 1 atom stereocenters. The molecule has 1 fully saturated rings. The molecule has 2 aliphatic heterocycles. The number of hydrogen-bond donors (Lipinski definition) is 2. The van der Waals surface area contributed by atoms with E-state index in [9.17, 15) is 18.4 Å². The van der Waals surface area contributed by atoms with Gasteiger partial charge in [-0.1, -0.05) is 6.07 Å². The van der Waals surface area contributed by atoms with E-state index in [4.69, 9.17) is 4.74 Å². The van der Waals surface area contributed by atoms with Crippen molar-refractivity contribution in [2.75, 3.05) is 35.3 Å². The smallest absolute Gasteiger partial charge is 0.286 e. The number of hydrogen-bond acceptors (Lipinski definition) is 6. The van der Waals surface area contributed by atoms with Crippen molar-refractivity contribution in [2.24, 2.45) is 0 Å². The Labute approximate surface area is 206 Å². The van der Waals surface area contributed by atoms with E-state index in [-0.39, 0.29) is 17.5 Å². The number of benzene rings is 1. The van der Waals surface area contributed by atoms with Crippen LogP contribution in [0.5, 0.6) is 0 Å². The molecule has 186 valence electrons. The van der Waals surface area contributed by atoms with E-state index in [0.29, 0.717) is 37.7 Å². The number of carbonyl (C=O) groups excluding carboxylic acids is 2. The van der Waals surface area contributed by atoms with Crippen LogP contribution in [0.3, 0.4) is 0 Å². The number of alkyl halides is 2. The van der Waals surface area contributed by atoms with Gasteiger partial charge in [0.15, 0.2) is 5.82 Å². The second-order valence-electron chi connectivity index (χ2n) is 9.07. The number of aryl methyl sites for hydroxylation is 1. The summed E-state index contributed by atoms with van der Waals surface area (Å²) in [7, 11) is 0. The van der Waals surface area contributed by atoms with Crippen LogP contribution in [-0.4, -0.2) is 47.6 Å². The summed E-state index contributed by atoms with van der Waals surface area (Å²) in [4.78, 5) is 35.5. The first-order valence-electron chi connectivity index (χ1n) is 11.6. The molecule has 2 aromatic heterocycles. The van der Waals surface area contributed by atoms with E-state index in [1.165, 1.54) is 12.3 Å². The molecule has 0 radical (unpaired) electrons. The maximum Gasteiger partial charge on any atom is 0.286 e. The Bertz CT molecular complexity index is 1340. The molecule has 2 aliphatic rings. The summed E-state index contributed by atoms with van der Waals surface area (Å²) in [5.74, 6) is -3.26. The number of carbonyl (C=O) groups is 2. The predicted molar refractivity (Wildman–Crippen MR) is 131 cm³/mol. The lowest BCUT2D eigenvalue weighted by atomic mass is 10.00. The Balaban J connectivity index is 1.45. The minimum absolute atomic E-state index is 0.0653. The highest BCUT2D eigenvalue weighted by Crippen LogP contribution is 2.36. The summed E-state index contributed by atoms with van der Waals surface area (Å²) in [6, 6.07) is 9.84. The van der Waals surface area contributed by atoms with Gasteiger partial charge >= 0.3 is 0 Å². The lowest BCUT2D eigenvalue weighted by Gasteiger charge is -2.35. The third-order valence-electron chi connectivity index (χ3n) is 6.36. The molecule has 0 saturated carbocycles. The van der Waals surface area contributed by atoms with Crippen LogP contribution in [-0.2, 0) is 15.5 Å². The molecule has 10 heteroatoms. The van der Waals surface area contributed by atoms with Gasteiger partial charge in [0.2, 0.25) is 5.91 Å². The van der Waals surface area contributed by atoms with E-state index in [1.807, 2.05) is 25.1 Å². The van der Waals surface area contributed by atoms with Gasteiger partial charge in [0.25, 0.3) is 11.8 Å². The Morgan fingerprint density at radius 3 is 2.86 bits per heavy atom. The average Bonchev–Trinajstić information content (AvgIpc) is 2.99. The Kier molecular flexibility index (Phi) is 6.13. The van der Waals surface area contributed by atoms with Crippen LogP contribution in [0.1, 0.15) is 35.0 Å². The van der Waals surface area contributed by atoms with Crippen LogP contribution in [0.4, 0.5) is 26.0 Å². The van der Waals surface area contributed by atoms with Crippen molar-refractivity contribution in [3.63, 3.8) is 0 Å². The van der Waals surface area contributed by atoms with E-state index in [1.54, 1.807) is 12.3 Å². The number of nitrogens with one attached hydrogen (secondary N) is 2. The summed E-state index contributed by atoms with van der Waals surface area (Å²) in [5, 5.41) is 5.66. The molecule has 0 aliphatic carbocycles. The number of ether oxygens (including phenoxy) is 1. The monoisotopic (exact) mass is 493 g/mol. The molecule has 36 heavy (non-hydrogen) atoms. The number of rotatable bonds is 4. The van der Waals surface area contributed by atoms with Gasteiger partial charge in [0.05, 0.1) is 24.9 Å². The molecule has 0 spiro atoms. The Morgan fingerprint density at radius 1 is 1.22 bits per heavy atom. The van der Waals surface area contributed by atoms with Crippen molar-refractivity contribution in [2.45, 2.75) is 32.2 Å². The summed E-state index contributed by atoms with van der Waals surface area (Å²) >= 11 is 0. The van der Waals surface area contributed by atoms with E-state index >= 15 is 0 Å². The molecule has 8 nitrogen and oxygen atoms in total. The first kappa shape index (κ1) is 23.8. The molecule has 2 N–H and O–H groups in total. The van der Waals surface area contributed by atoms with E-state index in [2.05, 4.69) is 25.5 Å². The van der Waals surface area contributed by atoms with Gasteiger partial charge < -0.3 is 20.3 Å². The van der Waals surface area contributed by atoms with Gasteiger partial charge in [0, 0.05) is 49.1 Å². The third kappa shape index (κ3) is 4.76. The quantitative estimate of drug-likeness (QED) is 0.561. The lowest BCUT2D eigenvalue weighted by Crippen LogP contribution is -2.45. The molecule has 1 saturated heterocycles. The standard InChI is InChI=1S/C26H25F2N5O3/c1-15-3-4-18(31-25(35)16-5-6-29-22(10-16)26(2,27)28)11-20(15)17-9-21-24(30-13-17)32-23(34)12-19-14-36-8-7-33(19)21/h3-6,9-11,13,19H,7-8,12,14H2,1-2H3,(H,31,35)(H,30,32,34). The van der Waals surface area contributed by atoms with Gasteiger partial charge in [-0.05, 0) is 48.4 Å². The SMILES string of the molecule is Cc1ccc(NC(=O)c2ccnc(C(C)(F)F)c2)cc1-c1cnc2c(c1)N1CCOCC1CC(=O)N2. The second-order valence-corrected chi connectivity index (χ2v) is 9.07. The number of morpholine rings is 1. The Morgan fingerprint density at radius 2 is 2.06 bits per heavy atom. The molecule has 1 unspecified atom stereocenters. The molecule has 5 rings (SSSR count). The van der Waals surface area contributed by atoms with Crippen LogP contribution < -0.4 is 15.5 Å². The zero-order valence-electron chi connectivity index (χ0n) is 19.8. The predicted octanol–water partition coefficient (Wildman–Crippen LogP) is 4.36. The number of halogens is 2. The highest BCUT2D eigenvalue weighted by Gasteiger charge is 2.32. The van der Waals surface area contributed by atoms with Crippen LogP contribution in [0, 0.1) is 6.92 Å². The summed E-state index contributed by atoms with van der Waals surface area (Å²) in [5.41, 5.74) is 3.58. The zero-order chi connectivity index (χ0) is 25.4. The Hall–Kier alpha value is -3.92. The molecule has 1 aromatic carbocycles. The summed E-state index contributed by atoms with van der Waals surface area (Å²) in [6.07, 6.45) is 3.21. The van der Waals surface area contributed by atoms with Crippen molar-refractivity contribution in [1.82, 2.24) is 9.97 Å². The number of pyridine rings is 2. The fourth-order valence-electron chi connectivity index (χ4n) is 4.48. The van der Waals surface area contributed by atoms with Crippen LogP contribution in [0.2, 0.25) is 0 Å². The van der Waals surface area contributed by atoms with Gasteiger partial charge in [-0.15, -0.1) is 0 Å². The zero-order valence-corrected chi connectivity index (χ0v) is 19.8. The second kappa shape index (κ2) is 9.27. The van der Waals surface area contributed by atoms with Gasteiger partial charge in [-0.25, -0.2) is 4.98 Å². The number of aromatic nitrogens is 2. The summed E-state index contributed by atoms with van der Waals surface area (Å²) in [6.45, 7) is 4.37. The van der Waals surface area contributed by atoms with Gasteiger partial charge in [-0.3, -0.25) is 14.6 Å². The van der Waals surface area contributed by atoms with Crippen molar-refractivity contribution in [1.29, 1.82) is 0 Å². The maximum atomic E-state index is 13.6. The van der Waals surface area contributed by atoms with Gasteiger partial charge in [0.1, 0.15) is 5.69 Å². The molecule has 4 heterocycles. The molecule has 0 bridgehead atoms. The van der Waals surface area contributed by atoms with Crippen molar-refractivity contribution in [3.05, 3.63) is 65.6 Å². The van der Waals surface area contributed by atoms with E-state index in [0.717, 1.165) is 35.4 Å². The number of fused-ring (bicyclic) bond motifs is 3. The maximum absolute atomic E-state index is 13.6. The van der Waals surface area contributed by atoms with Crippen molar-refractivity contribution in [3.8, 4) is 11.1 Å². The van der Waals surface area contributed by atoms with Crippen LogP contribution in [0.25, 0.3) is 11.1 Å². The first-order chi connectivity index (χ1) is 17.2.